The Morgan fingerprint density at radius 1 is 1.06 bits per heavy atom. The third-order valence-corrected chi connectivity index (χ3v) is 4.78. The topological polar surface area (TPSA) is 98.7 Å². The summed E-state index contributed by atoms with van der Waals surface area (Å²) in [6.07, 6.45) is -9.24. The number of carbonyl (C=O) groups excluding carboxylic acids is 1. The second-order valence-corrected chi connectivity index (χ2v) is 7.33. The van der Waals surface area contributed by atoms with Gasteiger partial charge >= 0.3 is 18.3 Å². The fraction of sp³-hybridized carbons (Fsp3) is 0.556. The van der Waals surface area contributed by atoms with Gasteiger partial charge in [0.15, 0.2) is 0 Å². The van der Waals surface area contributed by atoms with Crippen molar-refractivity contribution in [3.05, 3.63) is 34.9 Å². The molecule has 1 aliphatic heterocycles. The molecule has 1 aliphatic carbocycles. The Morgan fingerprint density at radius 2 is 1.62 bits per heavy atom. The molecule has 0 spiro atoms. The number of nitrogens with one attached hydrogen (secondary N) is 2. The van der Waals surface area contributed by atoms with Gasteiger partial charge in [0.1, 0.15) is 11.6 Å². The van der Waals surface area contributed by atoms with Gasteiger partial charge in [0.2, 0.25) is 5.91 Å². The average molecular weight is 478 g/mol. The quantitative estimate of drug-likeness (QED) is 0.499. The van der Waals surface area contributed by atoms with Gasteiger partial charge in [0, 0.05) is 12.1 Å². The summed E-state index contributed by atoms with van der Waals surface area (Å²) in [5.41, 5.74) is -1.96. The summed E-state index contributed by atoms with van der Waals surface area (Å²) in [5.74, 6) is -6.18. The molecule has 0 aromatic heterocycles. The van der Waals surface area contributed by atoms with Crippen molar-refractivity contribution >= 4 is 11.9 Å². The molecule has 1 heterocycles. The molecule has 3 rings (SSSR count). The van der Waals surface area contributed by atoms with Gasteiger partial charge in [-0.15, -0.1) is 0 Å². The molecule has 1 aromatic carbocycles. The lowest BCUT2D eigenvalue weighted by molar-refractivity contribution is -0.192. The first kappa shape index (κ1) is 25.8. The molecule has 1 unspecified atom stereocenters. The summed E-state index contributed by atoms with van der Waals surface area (Å²) in [5, 5.41) is 22.0. The monoisotopic (exact) mass is 478 g/mol. The van der Waals surface area contributed by atoms with Crippen molar-refractivity contribution in [3.8, 4) is 0 Å². The van der Waals surface area contributed by atoms with Crippen molar-refractivity contribution in [3.63, 3.8) is 0 Å². The van der Waals surface area contributed by atoms with Gasteiger partial charge in [0.25, 0.3) is 0 Å². The molecular weight excluding hydrogens is 460 g/mol. The molecule has 0 bridgehead atoms. The summed E-state index contributed by atoms with van der Waals surface area (Å²) >= 11 is 0. The highest BCUT2D eigenvalue weighted by molar-refractivity contribution is 5.82. The summed E-state index contributed by atoms with van der Waals surface area (Å²) < 4.78 is 97.8. The highest BCUT2D eigenvalue weighted by Crippen LogP contribution is 2.43. The number of carboxylic acid groups (broad SMARTS) is 1. The number of benzene rings is 1. The third kappa shape index (κ3) is 6.76. The zero-order valence-electron chi connectivity index (χ0n) is 16.0. The van der Waals surface area contributed by atoms with E-state index in [-0.39, 0.29) is 30.5 Å². The first-order chi connectivity index (χ1) is 14.6. The molecule has 3 atom stereocenters. The van der Waals surface area contributed by atoms with Crippen LogP contribution >= 0.6 is 0 Å². The zero-order chi connectivity index (χ0) is 24.4. The Hall–Kier alpha value is -2.48. The fourth-order valence-electron chi connectivity index (χ4n) is 3.07. The highest BCUT2D eigenvalue weighted by atomic mass is 19.4. The lowest BCUT2D eigenvalue weighted by atomic mass is 9.98. The van der Waals surface area contributed by atoms with Crippen LogP contribution in [0.15, 0.2) is 12.1 Å². The van der Waals surface area contributed by atoms with Crippen molar-refractivity contribution in [2.75, 3.05) is 6.54 Å². The number of rotatable bonds is 4. The van der Waals surface area contributed by atoms with E-state index in [1.807, 2.05) is 0 Å². The van der Waals surface area contributed by atoms with Crippen LogP contribution < -0.4 is 10.6 Å². The second kappa shape index (κ2) is 9.57. The Balaban J connectivity index is 0.000000451. The Kier molecular flexibility index (Phi) is 7.71. The van der Waals surface area contributed by atoms with Crippen molar-refractivity contribution < 1.29 is 54.9 Å². The molecule has 2 fully saturated rings. The maximum absolute atomic E-state index is 14.2. The largest absolute Gasteiger partial charge is 0.490 e. The van der Waals surface area contributed by atoms with Crippen LogP contribution in [0.5, 0.6) is 0 Å². The van der Waals surface area contributed by atoms with Crippen LogP contribution in [-0.2, 0) is 15.8 Å². The molecule has 0 radical (unpaired) electrons. The minimum atomic E-state index is -5.08. The number of carbonyl (C=O) groups is 2. The number of aliphatic hydroxyl groups excluding tert-OH is 1. The standard InChI is InChI=1S/C16H17F5N2O2.C2HF3O2/c17-11-5-10(16(19,20)21)12(18)4-9(11)14(7-1-2-7)23-15(25)13-3-8(24)6-22-13;3-2(4,5)1(6)7/h4-5,7-8,13-14,22,24H,1-3,6H2,(H,23,25);(H,6,7)/t8-,13-,14?;/m1./s1. The number of carboxylic acids is 1. The smallest absolute Gasteiger partial charge is 0.475 e. The maximum Gasteiger partial charge on any atom is 0.490 e. The van der Waals surface area contributed by atoms with Crippen LogP contribution in [0.4, 0.5) is 35.1 Å². The van der Waals surface area contributed by atoms with E-state index in [2.05, 4.69) is 10.6 Å². The Labute approximate surface area is 175 Å². The molecular formula is C18H18F8N2O4. The Morgan fingerprint density at radius 3 is 2.03 bits per heavy atom. The highest BCUT2D eigenvalue weighted by Gasteiger charge is 2.40. The van der Waals surface area contributed by atoms with E-state index in [1.165, 1.54) is 0 Å². The predicted octanol–water partition coefficient (Wildman–Crippen LogP) is 2.91. The predicted molar refractivity (Wildman–Crippen MR) is 91.1 cm³/mol. The van der Waals surface area contributed by atoms with Gasteiger partial charge in [-0.3, -0.25) is 4.79 Å². The lowest BCUT2D eigenvalue weighted by Crippen LogP contribution is -2.42. The van der Waals surface area contributed by atoms with Crippen LogP contribution in [0, 0.1) is 17.6 Å². The van der Waals surface area contributed by atoms with Crippen LogP contribution in [0.3, 0.4) is 0 Å². The molecule has 2 aliphatic rings. The summed E-state index contributed by atoms with van der Waals surface area (Å²) in [6, 6.07) is -0.926. The summed E-state index contributed by atoms with van der Waals surface area (Å²) in [7, 11) is 0. The van der Waals surface area contributed by atoms with Gasteiger partial charge < -0.3 is 20.8 Å². The zero-order valence-corrected chi connectivity index (χ0v) is 16.0. The molecule has 1 aromatic rings. The van der Waals surface area contributed by atoms with E-state index in [4.69, 9.17) is 9.90 Å². The first-order valence-corrected chi connectivity index (χ1v) is 9.19. The molecule has 4 N–H and O–H groups in total. The van der Waals surface area contributed by atoms with Gasteiger partial charge in [-0.25, -0.2) is 13.6 Å². The van der Waals surface area contributed by atoms with Crippen LogP contribution in [0.1, 0.15) is 36.4 Å². The van der Waals surface area contributed by atoms with E-state index in [1.54, 1.807) is 0 Å². The van der Waals surface area contributed by atoms with Gasteiger partial charge in [0.05, 0.1) is 23.8 Å². The molecule has 180 valence electrons. The molecule has 1 saturated heterocycles. The SMILES string of the molecule is O=C(NC(c1cc(F)c(C(F)(F)F)cc1F)C1CC1)[C@H]1C[C@@H](O)CN1.O=C(O)C(F)(F)F. The summed E-state index contributed by atoms with van der Waals surface area (Å²) in [4.78, 5) is 21.1. The number of amides is 1. The van der Waals surface area contributed by atoms with E-state index in [0.29, 0.717) is 18.9 Å². The van der Waals surface area contributed by atoms with Crippen LogP contribution in [0.2, 0.25) is 0 Å². The Bertz CT molecular complexity index is 855. The minimum absolute atomic E-state index is 0.129. The number of β-amino-alcohol motifs (C(OH)–C–C–N with tert-alkyl or cyclic N) is 1. The maximum atomic E-state index is 14.2. The van der Waals surface area contributed by atoms with Gasteiger partial charge in [-0.05, 0) is 37.3 Å². The van der Waals surface area contributed by atoms with Crippen molar-refractivity contribution in [2.45, 2.75) is 49.8 Å². The minimum Gasteiger partial charge on any atom is -0.475 e. The molecule has 1 saturated carbocycles. The van der Waals surface area contributed by atoms with E-state index >= 15 is 0 Å². The average Bonchev–Trinajstić information content (AvgIpc) is 3.40. The van der Waals surface area contributed by atoms with E-state index in [9.17, 15) is 45.0 Å². The second-order valence-electron chi connectivity index (χ2n) is 7.33. The third-order valence-electron chi connectivity index (χ3n) is 4.78. The summed E-state index contributed by atoms with van der Waals surface area (Å²) in [6.45, 7) is 0.245. The van der Waals surface area contributed by atoms with Crippen LogP contribution in [-0.4, -0.2) is 47.0 Å². The number of aliphatic carboxylic acids is 1. The number of alkyl halides is 6. The van der Waals surface area contributed by atoms with Gasteiger partial charge in [-0.2, -0.15) is 26.3 Å². The first-order valence-electron chi connectivity index (χ1n) is 9.19. The number of halogens is 8. The van der Waals surface area contributed by atoms with Gasteiger partial charge in [-0.1, -0.05) is 0 Å². The molecule has 32 heavy (non-hydrogen) atoms. The van der Waals surface area contributed by atoms with Crippen molar-refractivity contribution in [1.29, 1.82) is 0 Å². The lowest BCUT2D eigenvalue weighted by Gasteiger charge is -2.22. The number of hydrogen-bond donors (Lipinski definition) is 4. The fourth-order valence-corrected chi connectivity index (χ4v) is 3.07. The molecule has 14 heteroatoms. The van der Waals surface area contributed by atoms with Crippen molar-refractivity contribution in [2.24, 2.45) is 5.92 Å². The number of hydrogen-bond acceptors (Lipinski definition) is 4. The van der Waals surface area contributed by atoms with E-state index < -0.39 is 59.6 Å². The normalized spacial score (nSPS) is 22.0. The number of aliphatic hydroxyl groups is 1. The van der Waals surface area contributed by atoms with E-state index in [0.717, 1.165) is 0 Å². The molecule has 6 nitrogen and oxygen atoms in total. The van der Waals surface area contributed by atoms with Crippen LogP contribution in [0.25, 0.3) is 0 Å². The molecule has 1 amide bonds. The van der Waals surface area contributed by atoms with Crippen molar-refractivity contribution in [1.82, 2.24) is 10.6 Å².